The van der Waals surface area contributed by atoms with Gasteiger partial charge in [0.15, 0.2) is 0 Å². The van der Waals surface area contributed by atoms with E-state index in [2.05, 4.69) is 0 Å². The summed E-state index contributed by atoms with van der Waals surface area (Å²) < 4.78 is 13.3. The van der Waals surface area contributed by atoms with Gasteiger partial charge in [0.2, 0.25) is 11.8 Å². The number of benzene rings is 2. The second kappa shape index (κ2) is 14.2. The molecule has 10 heteroatoms. The van der Waals surface area contributed by atoms with Gasteiger partial charge in [-0.15, -0.1) is 0 Å². The third-order valence-corrected chi connectivity index (χ3v) is 10.9. The minimum atomic E-state index is -1.51. The van der Waals surface area contributed by atoms with Crippen molar-refractivity contribution in [1.82, 2.24) is 9.80 Å². The van der Waals surface area contributed by atoms with Gasteiger partial charge in [-0.3, -0.25) is 19.2 Å². The summed E-state index contributed by atoms with van der Waals surface area (Å²) in [6, 6.07) is 12.8. The van der Waals surface area contributed by atoms with Crippen LogP contribution >= 0.6 is 0 Å². The van der Waals surface area contributed by atoms with Crippen LogP contribution in [0.1, 0.15) is 62.8 Å². The van der Waals surface area contributed by atoms with Gasteiger partial charge in [0, 0.05) is 25.7 Å². The minimum absolute atomic E-state index is 0.0889. The van der Waals surface area contributed by atoms with Crippen molar-refractivity contribution in [2.75, 3.05) is 25.1 Å². The molecular formula is C40H49N3O7. The van der Waals surface area contributed by atoms with Crippen molar-refractivity contribution in [2.24, 2.45) is 17.8 Å². The minimum Gasteiger partial charge on any atom is -0.455 e. The lowest BCUT2D eigenvalue weighted by Crippen LogP contribution is -2.58. The first-order valence-corrected chi connectivity index (χ1v) is 17.7. The van der Waals surface area contributed by atoms with E-state index in [0.717, 1.165) is 16.8 Å². The number of para-hydroxylation sites is 1. The van der Waals surface area contributed by atoms with E-state index < -0.39 is 59.6 Å². The molecule has 2 saturated heterocycles. The van der Waals surface area contributed by atoms with Crippen LogP contribution in [0.2, 0.25) is 0 Å². The van der Waals surface area contributed by atoms with Gasteiger partial charge in [-0.2, -0.15) is 0 Å². The fraction of sp³-hybridized carbons (Fsp3) is 0.500. The Bertz CT molecular complexity index is 1670. The number of nitrogens with zero attached hydrogens (tertiary/aromatic N) is 3. The zero-order chi connectivity index (χ0) is 35.9. The first kappa shape index (κ1) is 35.5. The summed E-state index contributed by atoms with van der Waals surface area (Å²) in [7, 11) is 1.71. The SMILES string of the molecule is Cc1cccc(C)c1N1CC=C[C@]23O[C@@H]4/C=C\CCC(=O)N(C)[C@H](C)[C@@H](c5ccccc5)OC(=O)[C@@H]4[C@H]2C(=O)N([C@@H](CO)CC(C)C)[C@@H]3C1=O. The average molecular weight is 684 g/mol. The van der Waals surface area contributed by atoms with E-state index in [0.29, 0.717) is 18.4 Å². The van der Waals surface area contributed by atoms with Crippen LogP contribution in [-0.4, -0.2) is 88.6 Å². The standard InChI is InChI=1S/C40H49N3O7/c1-24(2)22-29(23-44)43-36-38(47)42(34-25(3)14-12-15-26(34)4)21-13-20-40(36)33(37(43)46)32-30(50-40)18-10-11-19-31(45)41(6)27(5)35(49-39(32)48)28-16-8-7-9-17-28/h7-10,12-18,20,24,27,29-30,32-33,35-36,44H,11,19,21-23H2,1-6H3/b18-10-/t27-,29-,30-,32+,33+,35+,36-,40+/m1/s1. The summed E-state index contributed by atoms with van der Waals surface area (Å²) >= 11 is 0. The molecule has 2 fully saturated rings. The Labute approximate surface area is 294 Å². The van der Waals surface area contributed by atoms with E-state index >= 15 is 4.79 Å². The van der Waals surface area contributed by atoms with Gasteiger partial charge >= 0.3 is 5.97 Å². The van der Waals surface area contributed by atoms with Crippen molar-refractivity contribution in [1.29, 1.82) is 0 Å². The predicted octanol–water partition coefficient (Wildman–Crippen LogP) is 4.68. The van der Waals surface area contributed by atoms with Crippen LogP contribution in [0.4, 0.5) is 5.69 Å². The van der Waals surface area contributed by atoms with Crippen molar-refractivity contribution in [3.8, 4) is 0 Å². The van der Waals surface area contributed by atoms with E-state index in [1.165, 1.54) is 4.90 Å². The second-order valence-corrected chi connectivity index (χ2v) is 14.6. The molecule has 4 heterocycles. The third kappa shape index (κ3) is 6.06. The van der Waals surface area contributed by atoms with Crippen LogP contribution < -0.4 is 4.90 Å². The van der Waals surface area contributed by atoms with Crippen LogP contribution in [0, 0.1) is 31.6 Å². The molecule has 0 unspecified atom stereocenters. The lowest BCUT2D eigenvalue weighted by Gasteiger charge is -2.39. The number of ether oxygens (including phenoxy) is 2. The van der Waals surface area contributed by atoms with Crippen molar-refractivity contribution in [2.45, 2.75) is 89.8 Å². The lowest BCUT2D eigenvalue weighted by molar-refractivity contribution is -0.164. The molecule has 50 heavy (non-hydrogen) atoms. The topological polar surface area (TPSA) is 117 Å². The maximum Gasteiger partial charge on any atom is 0.313 e. The van der Waals surface area contributed by atoms with Crippen LogP contribution in [0.25, 0.3) is 0 Å². The van der Waals surface area contributed by atoms with Gasteiger partial charge in [-0.25, -0.2) is 0 Å². The number of likely N-dealkylation sites (tertiary alicyclic amines) is 1. The number of carbonyl (C=O) groups is 4. The molecule has 0 aromatic heterocycles. The summed E-state index contributed by atoms with van der Waals surface area (Å²) in [6.07, 6.45) is 6.59. The maximum absolute atomic E-state index is 15.1. The van der Waals surface area contributed by atoms with E-state index in [-0.39, 0.29) is 37.3 Å². The molecule has 6 rings (SSSR count). The Morgan fingerprint density at radius 2 is 1.66 bits per heavy atom. The summed E-state index contributed by atoms with van der Waals surface area (Å²) in [5, 5.41) is 10.7. The van der Waals surface area contributed by atoms with Crippen molar-refractivity contribution in [3.63, 3.8) is 0 Å². The molecule has 0 bridgehead atoms. The van der Waals surface area contributed by atoms with Crippen LogP contribution in [0.5, 0.6) is 0 Å². The number of anilines is 1. The number of aryl methyl sites for hydroxylation is 2. The molecule has 1 N–H and O–H groups in total. The number of aliphatic hydroxyl groups excluding tert-OH is 1. The molecular weight excluding hydrogens is 634 g/mol. The summed E-state index contributed by atoms with van der Waals surface area (Å²) in [5.41, 5.74) is 1.79. The highest BCUT2D eigenvalue weighted by Gasteiger charge is 2.72. The Balaban J connectivity index is 1.50. The zero-order valence-electron chi connectivity index (χ0n) is 29.8. The second-order valence-electron chi connectivity index (χ2n) is 14.6. The number of likely N-dealkylation sites (N-methyl/N-ethyl adjacent to an activating group) is 1. The Hall–Kier alpha value is -4.28. The van der Waals surface area contributed by atoms with Crippen LogP contribution in [-0.2, 0) is 28.7 Å². The number of amides is 3. The van der Waals surface area contributed by atoms with E-state index in [9.17, 15) is 19.5 Å². The van der Waals surface area contributed by atoms with E-state index in [1.807, 2.05) is 95.3 Å². The van der Waals surface area contributed by atoms with Crippen LogP contribution in [0.3, 0.4) is 0 Å². The monoisotopic (exact) mass is 683 g/mol. The number of hydrogen-bond acceptors (Lipinski definition) is 7. The fourth-order valence-electron chi connectivity index (χ4n) is 8.47. The molecule has 1 spiro atoms. The summed E-state index contributed by atoms with van der Waals surface area (Å²) in [6.45, 7) is 9.65. The van der Waals surface area contributed by atoms with Crippen molar-refractivity contribution < 1.29 is 33.8 Å². The van der Waals surface area contributed by atoms with Gasteiger partial charge in [0.05, 0.1) is 30.7 Å². The molecule has 2 aromatic carbocycles. The number of allylic oxidation sites excluding steroid dienone is 1. The van der Waals surface area contributed by atoms with Gasteiger partial charge in [0.25, 0.3) is 5.91 Å². The number of aliphatic hydroxyl groups is 1. The first-order valence-electron chi connectivity index (χ1n) is 17.7. The van der Waals surface area contributed by atoms with Gasteiger partial charge in [0.1, 0.15) is 23.7 Å². The zero-order valence-corrected chi connectivity index (χ0v) is 29.8. The summed E-state index contributed by atoms with van der Waals surface area (Å²) in [4.78, 5) is 62.7. The van der Waals surface area contributed by atoms with Crippen molar-refractivity contribution >= 4 is 29.4 Å². The molecule has 0 aliphatic carbocycles. The Morgan fingerprint density at radius 3 is 2.32 bits per heavy atom. The smallest absolute Gasteiger partial charge is 0.313 e. The third-order valence-electron chi connectivity index (χ3n) is 10.9. The molecule has 8 atom stereocenters. The predicted molar refractivity (Wildman–Crippen MR) is 189 cm³/mol. The molecule has 4 aliphatic heterocycles. The maximum atomic E-state index is 15.1. The van der Waals surface area contributed by atoms with E-state index in [1.54, 1.807) is 29.0 Å². The number of esters is 1. The number of fused-ring (bicyclic) bond motifs is 2. The first-order chi connectivity index (χ1) is 23.9. The number of carbonyl (C=O) groups excluding carboxylic acids is 4. The quantitative estimate of drug-likeness (QED) is 0.348. The van der Waals surface area contributed by atoms with Crippen molar-refractivity contribution in [3.05, 3.63) is 89.5 Å². The summed E-state index contributed by atoms with van der Waals surface area (Å²) in [5.74, 6) is -3.55. The average Bonchev–Trinajstić information content (AvgIpc) is 3.48. The molecule has 10 nitrogen and oxygen atoms in total. The van der Waals surface area contributed by atoms with E-state index in [4.69, 9.17) is 9.47 Å². The normalized spacial score (nSPS) is 31.4. The lowest BCUT2D eigenvalue weighted by atomic mass is 9.77. The van der Waals surface area contributed by atoms with Gasteiger partial charge < -0.3 is 29.3 Å². The molecule has 2 aromatic rings. The molecule has 0 radical (unpaired) electrons. The fourth-order valence-corrected chi connectivity index (χ4v) is 8.47. The molecule has 4 aliphatic rings. The van der Waals surface area contributed by atoms with Gasteiger partial charge in [-0.05, 0) is 56.2 Å². The van der Waals surface area contributed by atoms with Gasteiger partial charge in [-0.1, -0.05) is 86.7 Å². The molecule has 266 valence electrons. The largest absolute Gasteiger partial charge is 0.455 e. The molecule has 3 amide bonds. The highest BCUT2D eigenvalue weighted by molar-refractivity contribution is 6.06. The Morgan fingerprint density at radius 1 is 0.960 bits per heavy atom. The highest BCUT2D eigenvalue weighted by Crippen LogP contribution is 2.54. The Kier molecular flexibility index (Phi) is 10.1. The number of rotatable bonds is 6. The molecule has 0 saturated carbocycles. The number of cyclic esters (lactones) is 1. The number of hydrogen-bond donors (Lipinski definition) is 1. The highest BCUT2D eigenvalue weighted by atomic mass is 16.6. The van der Waals surface area contributed by atoms with Crippen LogP contribution in [0.15, 0.2) is 72.8 Å².